The van der Waals surface area contributed by atoms with Crippen molar-refractivity contribution in [3.05, 3.63) is 64.7 Å². The third-order valence-corrected chi connectivity index (χ3v) is 6.60. The zero-order valence-corrected chi connectivity index (χ0v) is 16.6. The lowest BCUT2D eigenvalue weighted by atomic mass is 10.1. The van der Waals surface area contributed by atoms with Gasteiger partial charge in [-0.05, 0) is 30.8 Å². The van der Waals surface area contributed by atoms with E-state index in [9.17, 15) is 8.42 Å². The number of rotatable bonds is 3. The number of halogens is 2. The fourth-order valence-corrected chi connectivity index (χ4v) is 4.93. The number of sulfonamides is 1. The normalized spacial score (nSPS) is 18.7. The number of likely N-dealkylation sites (N-methyl/N-ethyl adjacent to an activating group) is 1. The van der Waals surface area contributed by atoms with Crippen molar-refractivity contribution in [2.45, 2.75) is 10.9 Å². The van der Waals surface area contributed by atoms with Gasteiger partial charge in [-0.15, -0.1) is 12.4 Å². The van der Waals surface area contributed by atoms with Crippen molar-refractivity contribution >= 4 is 34.0 Å². The molecule has 3 rings (SSSR count). The van der Waals surface area contributed by atoms with Crippen LogP contribution in [0, 0.1) is 11.3 Å². The van der Waals surface area contributed by atoms with E-state index in [-0.39, 0.29) is 33.9 Å². The molecule has 8 heteroatoms. The van der Waals surface area contributed by atoms with Crippen molar-refractivity contribution in [2.24, 2.45) is 0 Å². The second-order valence-electron chi connectivity index (χ2n) is 6.06. The van der Waals surface area contributed by atoms with Crippen LogP contribution in [0.1, 0.15) is 17.2 Å². The molecule has 0 spiro atoms. The minimum absolute atomic E-state index is 0. The van der Waals surface area contributed by atoms with Gasteiger partial charge in [0.2, 0.25) is 10.0 Å². The Kier molecular flexibility index (Phi) is 6.67. The first-order chi connectivity index (χ1) is 11.9. The molecule has 138 valence electrons. The van der Waals surface area contributed by atoms with Gasteiger partial charge in [0, 0.05) is 19.6 Å². The standard InChI is InChI=1S/C18H18ClN3O2S.ClH/c1-21-9-10-22(18(13-21)14-5-3-2-4-6-14)25(23,24)16-8-7-15(12-20)17(19)11-16;/h2-8,11,18H,9-10,13H2,1H3;1H. The number of hydrogen-bond acceptors (Lipinski definition) is 4. The summed E-state index contributed by atoms with van der Waals surface area (Å²) in [6.45, 7) is 1.68. The largest absolute Gasteiger partial charge is 0.303 e. The number of nitriles is 1. The van der Waals surface area contributed by atoms with E-state index in [4.69, 9.17) is 16.9 Å². The SMILES string of the molecule is CN1CCN(S(=O)(=O)c2ccc(C#N)c(Cl)c2)C(c2ccccc2)C1.Cl. The summed E-state index contributed by atoms with van der Waals surface area (Å²) in [5.74, 6) is 0. The number of nitrogens with zero attached hydrogens (tertiary/aromatic N) is 3. The average molecular weight is 412 g/mol. The van der Waals surface area contributed by atoms with Crippen molar-refractivity contribution in [2.75, 3.05) is 26.7 Å². The Morgan fingerprint density at radius 2 is 1.85 bits per heavy atom. The van der Waals surface area contributed by atoms with Gasteiger partial charge in [-0.25, -0.2) is 8.42 Å². The maximum absolute atomic E-state index is 13.2. The highest BCUT2D eigenvalue weighted by Gasteiger charge is 2.36. The minimum Gasteiger partial charge on any atom is -0.303 e. The Bertz CT molecular complexity index is 914. The molecule has 0 bridgehead atoms. The molecule has 1 saturated heterocycles. The zero-order valence-electron chi connectivity index (χ0n) is 14.2. The van der Waals surface area contributed by atoms with Crippen molar-refractivity contribution in [1.29, 1.82) is 5.26 Å². The Morgan fingerprint density at radius 1 is 1.15 bits per heavy atom. The summed E-state index contributed by atoms with van der Waals surface area (Å²) >= 11 is 6.04. The molecular weight excluding hydrogens is 393 g/mol. The van der Waals surface area contributed by atoms with Gasteiger partial charge in [0.25, 0.3) is 0 Å². The predicted octanol–water partition coefficient (Wildman–Crippen LogP) is 3.31. The Balaban J connectivity index is 0.00000243. The van der Waals surface area contributed by atoms with Crippen LogP contribution >= 0.6 is 24.0 Å². The molecule has 0 N–H and O–H groups in total. The molecule has 0 aliphatic carbocycles. The molecule has 2 aromatic rings. The molecule has 1 fully saturated rings. The highest BCUT2D eigenvalue weighted by Crippen LogP contribution is 2.32. The van der Waals surface area contributed by atoms with Gasteiger partial charge < -0.3 is 4.90 Å². The smallest absolute Gasteiger partial charge is 0.243 e. The summed E-state index contributed by atoms with van der Waals surface area (Å²) in [6, 6.07) is 15.5. The van der Waals surface area contributed by atoms with E-state index in [2.05, 4.69) is 4.90 Å². The first-order valence-electron chi connectivity index (χ1n) is 7.88. The fraction of sp³-hybridized carbons (Fsp3) is 0.278. The molecule has 0 radical (unpaired) electrons. The van der Waals surface area contributed by atoms with Gasteiger partial charge in [-0.1, -0.05) is 41.9 Å². The summed E-state index contributed by atoms with van der Waals surface area (Å²) in [5.41, 5.74) is 1.22. The lowest BCUT2D eigenvalue weighted by molar-refractivity contribution is 0.160. The van der Waals surface area contributed by atoms with Crippen molar-refractivity contribution in [1.82, 2.24) is 9.21 Å². The van der Waals surface area contributed by atoms with Crippen molar-refractivity contribution in [3.8, 4) is 6.07 Å². The Hall–Kier alpha value is -1.62. The van der Waals surface area contributed by atoms with Gasteiger partial charge in [0.1, 0.15) is 6.07 Å². The molecule has 0 aromatic heterocycles. The van der Waals surface area contributed by atoms with Crippen LogP contribution in [0.3, 0.4) is 0 Å². The summed E-state index contributed by atoms with van der Waals surface area (Å²) in [4.78, 5) is 2.23. The fourth-order valence-electron chi connectivity index (χ4n) is 3.02. The molecule has 1 aliphatic heterocycles. The van der Waals surface area contributed by atoms with Gasteiger partial charge in [0.15, 0.2) is 0 Å². The summed E-state index contributed by atoms with van der Waals surface area (Å²) < 4.78 is 27.9. The second kappa shape index (κ2) is 8.38. The lowest BCUT2D eigenvalue weighted by Crippen LogP contribution is -2.49. The average Bonchev–Trinajstić information content (AvgIpc) is 2.62. The van der Waals surface area contributed by atoms with Crippen LogP contribution in [0.25, 0.3) is 0 Å². The molecule has 1 unspecified atom stereocenters. The van der Waals surface area contributed by atoms with E-state index in [1.165, 1.54) is 22.5 Å². The van der Waals surface area contributed by atoms with Crippen LogP contribution in [0.15, 0.2) is 53.4 Å². The van der Waals surface area contributed by atoms with Crippen LogP contribution in [-0.4, -0.2) is 44.3 Å². The van der Waals surface area contributed by atoms with E-state index < -0.39 is 10.0 Å². The van der Waals surface area contributed by atoms with Crippen LogP contribution in [0.4, 0.5) is 0 Å². The highest BCUT2D eigenvalue weighted by atomic mass is 35.5. The molecule has 1 atom stereocenters. The molecule has 2 aromatic carbocycles. The lowest BCUT2D eigenvalue weighted by Gasteiger charge is -2.39. The van der Waals surface area contributed by atoms with Crippen LogP contribution < -0.4 is 0 Å². The van der Waals surface area contributed by atoms with E-state index in [1.807, 2.05) is 43.4 Å². The van der Waals surface area contributed by atoms with E-state index in [0.717, 1.165) is 5.56 Å². The Labute approximate surface area is 165 Å². The molecule has 1 aliphatic rings. The predicted molar refractivity (Wildman–Crippen MR) is 104 cm³/mol. The van der Waals surface area contributed by atoms with Crippen LogP contribution in [-0.2, 0) is 10.0 Å². The van der Waals surface area contributed by atoms with Gasteiger partial charge >= 0.3 is 0 Å². The molecule has 26 heavy (non-hydrogen) atoms. The molecular formula is C18H19Cl2N3O2S. The topological polar surface area (TPSA) is 64.4 Å². The third-order valence-electron chi connectivity index (χ3n) is 4.39. The van der Waals surface area contributed by atoms with Gasteiger partial charge in [0.05, 0.1) is 21.5 Å². The van der Waals surface area contributed by atoms with Crippen LogP contribution in [0.2, 0.25) is 5.02 Å². The maximum Gasteiger partial charge on any atom is 0.243 e. The number of piperazine rings is 1. The van der Waals surface area contributed by atoms with Gasteiger partial charge in [-0.2, -0.15) is 9.57 Å². The van der Waals surface area contributed by atoms with Crippen molar-refractivity contribution < 1.29 is 8.42 Å². The monoisotopic (exact) mass is 411 g/mol. The van der Waals surface area contributed by atoms with E-state index in [1.54, 1.807) is 0 Å². The first kappa shape index (κ1) is 20.7. The minimum atomic E-state index is -3.72. The summed E-state index contributed by atoms with van der Waals surface area (Å²) in [6.07, 6.45) is 0. The Morgan fingerprint density at radius 3 is 2.46 bits per heavy atom. The second-order valence-corrected chi connectivity index (χ2v) is 8.36. The van der Waals surface area contributed by atoms with E-state index >= 15 is 0 Å². The summed E-state index contributed by atoms with van der Waals surface area (Å²) in [7, 11) is -1.73. The van der Waals surface area contributed by atoms with E-state index in [0.29, 0.717) is 19.6 Å². The van der Waals surface area contributed by atoms with Crippen LogP contribution in [0.5, 0.6) is 0 Å². The molecule has 5 nitrogen and oxygen atoms in total. The molecule has 0 amide bonds. The third kappa shape index (κ3) is 4.03. The maximum atomic E-state index is 13.2. The quantitative estimate of drug-likeness (QED) is 0.776. The zero-order chi connectivity index (χ0) is 18.0. The molecule has 0 saturated carbocycles. The molecule has 1 heterocycles. The number of hydrogen-bond donors (Lipinski definition) is 0. The first-order valence-corrected chi connectivity index (χ1v) is 9.70. The summed E-state index contributed by atoms with van der Waals surface area (Å²) in [5, 5.41) is 9.13. The highest BCUT2D eigenvalue weighted by molar-refractivity contribution is 7.89. The van der Waals surface area contributed by atoms with Crippen molar-refractivity contribution in [3.63, 3.8) is 0 Å². The van der Waals surface area contributed by atoms with Gasteiger partial charge in [-0.3, -0.25) is 0 Å². The number of benzene rings is 2.